The summed E-state index contributed by atoms with van der Waals surface area (Å²) in [6.45, 7) is 4.08. The van der Waals surface area contributed by atoms with Gasteiger partial charge in [0.1, 0.15) is 0 Å². The lowest BCUT2D eigenvalue weighted by atomic mass is 9.70. The third kappa shape index (κ3) is 2.85. The summed E-state index contributed by atoms with van der Waals surface area (Å²) in [6, 6.07) is 0. The predicted octanol–water partition coefficient (Wildman–Crippen LogP) is 2.86. The number of carboxylic acids is 1. The van der Waals surface area contributed by atoms with E-state index in [-0.39, 0.29) is 5.92 Å². The fraction of sp³-hybridized carbons (Fsp3) is 0.857. The van der Waals surface area contributed by atoms with Gasteiger partial charge in [-0.05, 0) is 37.5 Å². The molecule has 1 saturated carbocycles. The molecule has 1 aliphatic rings. The van der Waals surface area contributed by atoms with Gasteiger partial charge in [0.05, 0.1) is 7.11 Å². The standard InChI is InChI=1S/C14H24O4/c1-10(2)8-9-14(12(15)16,13(17)18-3)11-6-4-5-7-11/h10-11H,4-9H2,1-3H3,(H,15,16). The fourth-order valence-corrected chi connectivity index (χ4v) is 2.96. The van der Waals surface area contributed by atoms with E-state index >= 15 is 0 Å². The van der Waals surface area contributed by atoms with Crippen molar-refractivity contribution in [3.8, 4) is 0 Å². The third-order valence-corrected chi connectivity index (χ3v) is 4.10. The summed E-state index contributed by atoms with van der Waals surface area (Å²) in [5.74, 6) is -1.26. The van der Waals surface area contributed by atoms with Crippen LogP contribution in [0.25, 0.3) is 0 Å². The van der Waals surface area contributed by atoms with Crippen molar-refractivity contribution in [1.82, 2.24) is 0 Å². The fourth-order valence-electron chi connectivity index (χ4n) is 2.96. The van der Waals surface area contributed by atoms with Crippen molar-refractivity contribution < 1.29 is 19.4 Å². The van der Waals surface area contributed by atoms with Crippen molar-refractivity contribution in [2.45, 2.75) is 52.4 Å². The van der Waals surface area contributed by atoms with Crippen molar-refractivity contribution >= 4 is 11.9 Å². The van der Waals surface area contributed by atoms with Crippen LogP contribution in [-0.2, 0) is 14.3 Å². The Hall–Kier alpha value is -1.06. The summed E-state index contributed by atoms with van der Waals surface area (Å²) in [6.07, 6.45) is 4.78. The molecule has 0 heterocycles. The topological polar surface area (TPSA) is 63.6 Å². The Labute approximate surface area is 109 Å². The summed E-state index contributed by atoms with van der Waals surface area (Å²) in [7, 11) is 1.28. The van der Waals surface area contributed by atoms with Crippen LogP contribution in [0.2, 0.25) is 0 Å². The zero-order valence-corrected chi connectivity index (χ0v) is 11.6. The van der Waals surface area contributed by atoms with Crippen molar-refractivity contribution in [2.24, 2.45) is 17.3 Å². The average molecular weight is 256 g/mol. The van der Waals surface area contributed by atoms with Gasteiger partial charge in [0.15, 0.2) is 5.41 Å². The zero-order valence-electron chi connectivity index (χ0n) is 11.6. The van der Waals surface area contributed by atoms with Crippen molar-refractivity contribution in [3.63, 3.8) is 0 Å². The van der Waals surface area contributed by atoms with Crippen LogP contribution in [0, 0.1) is 17.3 Å². The third-order valence-electron chi connectivity index (χ3n) is 4.10. The normalized spacial score (nSPS) is 19.8. The molecule has 1 unspecified atom stereocenters. The van der Waals surface area contributed by atoms with Crippen LogP contribution in [0.5, 0.6) is 0 Å². The van der Waals surface area contributed by atoms with Gasteiger partial charge < -0.3 is 9.84 Å². The molecule has 18 heavy (non-hydrogen) atoms. The Morgan fingerprint density at radius 2 is 1.89 bits per heavy atom. The molecule has 0 aromatic heterocycles. The minimum Gasteiger partial charge on any atom is -0.480 e. The van der Waals surface area contributed by atoms with E-state index in [0.29, 0.717) is 12.3 Å². The van der Waals surface area contributed by atoms with Gasteiger partial charge in [0.2, 0.25) is 0 Å². The lowest BCUT2D eigenvalue weighted by molar-refractivity contribution is -0.172. The van der Waals surface area contributed by atoms with Gasteiger partial charge in [-0.3, -0.25) is 9.59 Å². The summed E-state index contributed by atoms with van der Waals surface area (Å²) >= 11 is 0. The largest absolute Gasteiger partial charge is 0.480 e. The number of rotatable bonds is 6. The van der Waals surface area contributed by atoms with E-state index in [1.807, 2.05) is 13.8 Å². The molecule has 1 rings (SSSR count). The maximum Gasteiger partial charge on any atom is 0.323 e. The van der Waals surface area contributed by atoms with Gasteiger partial charge in [0, 0.05) is 0 Å². The molecule has 0 aliphatic heterocycles. The molecule has 0 saturated heterocycles. The zero-order chi connectivity index (χ0) is 13.8. The van der Waals surface area contributed by atoms with E-state index in [9.17, 15) is 14.7 Å². The molecule has 1 aliphatic carbocycles. The molecule has 0 amide bonds. The average Bonchev–Trinajstić information content (AvgIpc) is 2.82. The first-order valence-electron chi connectivity index (χ1n) is 6.77. The lowest BCUT2D eigenvalue weighted by Gasteiger charge is -2.32. The van der Waals surface area contributed by atoms with E-state index < -0.39 is 17.4 Å². The highest BCUT2D eigenvalue weighted by atomic mass is 16.5. The minimum atomic E-state index is -1.32. The highest BCUT2D eigenvalue weighted by molar-refractivity contribution is 5.99. The Bertz CT molecular complexity index is 305. The maximum absolute atomic E-state index is 12.1. The molecule has 1 N–H and O–H groups in total. The molecular formula is C14H24O4. The number of carbonyl (C=O) groups is 2. The monoisotopic (exact) mass is 256 g/mol. The highest BCUT2D eigenvalue weighted by Crippen LogP contribution is 2.45. The second-order valence-electron chi connectivity index (χ2n) is 5.68. The first kappa shape index (κ1) is 15.0. The van der Waals surface area contributed by atoms with Gasteiger partial charge >= 0.3 is 11.9 Å². The molecule has 4 nitrogen and oxygen atoms in total. The van der Waals surface area contributed by atoms with Crippen LogP contribution < -0.4 is 0 Å². The molecule has 1 fully saturated rings. The second kappa shape index (κ2) is 6.21. The summed E-state index contributed by atoms with van der Waals surface area (Å²) in [4.78, 5) is 23.8. The van der Waals surface area contributed by atoms with Crippen LogP contribution >= 0.6 is 0 Å². The van der Waals surface area contributed by atoms with Crippen molar-refractivity contribution in [3.05, 3.63) is 0 Å². The van der Waals surface area contributed by atoms with Gasteiger partial charge in [0.25, 0.3) is 0 Å². The molecule has 0 aromatic rings. The quantitative estimate of drug-likeness (QED) is 0.586. The molecule has 0 aromatic carbocycles. The second-order valence-corrected chi connectivity index (χ2v) is 5.68. The molecule has 1 atom stereocenters. The van der Waals surface area contributed by atoms with Crippen molar-refractivity contribution in [1.29, 1.82) is 0 Å². The lowest BCUT2D eigenvalue weighted by Crippen LogP contribution is -2.46. The van der Waals surface area contributed by atoms with E-state index in [1.54, 1.807) is 0 Å². The smallest absolute Gasteiger partial charge is 0.323 e. The van der Waals surface area contributed by atoms with Gasteiger partial charge in [-0.1, -0.05) is 26.7 Å². The Kier molecular flexibility index (Phi) is 5.17. The Balaban J connectivity index is 3.00. The first-order chi connectivity index (χ1) is 8.45. The summed E-state index contributed by atoms with van der Waals surface area (Å²) < 4.78 is 4.80. The number of aliphatic carboxylic acids is 1. The van der Waals surface area contributed by atoms with Crippen LogP contribution in [0.15, 0.2) is 0 Å². The molecule has 0 radical (unpaired) electrons. The first-order valence-corrected chi connectivity index (χ1v) is 6.77. The number of methoxy groups -OCH3 is 1. The molecule has 4 heteroatoms. The number of carbonyl (C=O) groups excluding carboxylic acids is 1. The van der Waals surface area contributed by atoms with E-state index in [0.717, 1.165) is 32.1 Å². The summed E-state index contributed by atoms with van der Waals surface area (Å²) in [5, 5.41) is 9.60. The number of hydrogen-bond acceptors (Lipinski definition) is 3. The molecule has 0 bridgehead atoms. The van der Waals surface area contributed by atoms with Crippen LogP contribution in [0.3, 0.4) is 0 Å². The van der Waals surface area contributed by atoms with E-state index in [2.05, 4.69) is 0 Å². The van der Waals surface area contributed by atoms with Gasteiger partial charge in [-0.15, -0.1) is 0 Å². The van der Waals surface area contributed by atoms with Gasteiger partial charge in [-0.2, -0.15) is 0 Å². The Morgan fingerprint density at radius 1 is 1.33 bits per heavy atom. The van der Waals surface area contributed by atoms with E-state index in [1.165, 1.54) is 7.11 Å². The molecule has 104 valence electrons. The molecule has 0 spiro atoms. The summed E-state index contributed by atoms with van der Waals surface area (Å²) in [5.41, 5.74) is -1.32. The number of hydrogen-bond donors (Lipinski definition) is 1. The van der Waals surface area contributed by atoms with Gasteiger partial charge in [-0.25, -0.2) is 0 Å². The molecular weight excluding hydrogens is 232 g/mol. The SMILES string of the molecule is COC(=O)C(CCC(C)C)(C(=O)O)C1CCCC1. The highest BCUT2D eigenvalue weighted by Gasteiger charge is 2.53. The van der Waals surface area contributed by atoms with E-state index in [4.69, 9.17) is 4.74 Å². The maximum atomic E-state index is 12.1. The van der Waals surface area contributed by atoms with Crippen molar-refractivity contribution in [2.75, 3.05) is 7.11 Å². The van der Waals surface area contributed by atoms with Crippen LogP contribution in [0.1, 0.15) is 52.4 Å². The van der Waals surface area contributed by atoms with Crippen LogP contribution in [-0.4, -0.2) is 24.2 Å². The Morgan fingerprint density at radius 3 is 2.28 bits per heavy atom. The number of esters is 1. The number of carboxylic acid groups (broad SMARTS) is 1. The minimum absolute atomic E-state index is 0.0683. The number of ether oxygens (including phenoxy) is 1. The van der Waals surface area contributed by atoms with Crippen LogP contribution in [0.4, 0.5) is 0 Å². The predicted molar refractivity (Wildman–Crippen MR) is 68.1 cm³/mol.